The molecule has 0 saturated heterocycles. The molecule has 2 aromatic rings. The van der Waals surface area contributed by atoms with Crippen LogP contribution in [0.25, 0.3) is 0 Å². The first kappa shape index (κ1) is 17.0. The van der Waals surface area contributed by atoms with Crippen LogP contribution >= 0.6 is 23.2 Å². The molecule has 2 aromatic carbocycles. The van der Waals surface area contributed by atoms with Gasteiger partial charge < -0.3 is 4.65 Å². The predicted molar refractivity (Wildman–Crippen MR) is 88.6 cm³/mol. The zero-order valence-corrected chi connectivity index (χ0v) is 13.4. The van der Waals surface area contributed by atoms with Gasteiger partial charge in [-0.15, -0.1) is 0 Å². The van der Waals surface area contributed by atoms with Gasteiger partial charge in [-0.1, -0.05) is 47.5 Å². The zero-order valence-electron chi connectivity index (χ0n) is 11.9. The smallest absolute Gasteiger partial charge is 0.362 e. The Bertz CT molecular complexity index is 655. The standard InChI is InChI=1S/C16H13BCl2F2O/c1-10(2)9-22-17(11-3-5-13(18)15(20)7-11)12-4-6-14(19)16(21)8-12/h3-8H,1,9H2,2H3. The molecule has 0 saturated carbocycles. The van der Waals surface area contributed by atoms with E-state index in [-0.39, 0.29) is 16.7 Å². The maximum absolute atomic E-state index is 13.7. The second kappa shape index (κ2) is 7.27. The van der Waals surface area contributed by atoms with Gasteiger partial charge in [0.1, 0.15) is 11.6 Å². The van der Waals surface area contributed by atoms with E-state index >= 15 is 0 Å². The van der Waals surface area contributed by atoms with Crippen LogP contribution in [0.4, 0.5) is 8.78 Å². The van der Waals surface area contributed by atoms with E-state index in [1.54, 1.807) is 12.1 Å². The van der Waals surface area contributed by atoms with E-state index in [1.165, 1.54) is 24.3 Å². The van der Waals surface area contributed by atoms with Crippen molar-refractivity contribution < 1.29 is 13.4 Å². The lowest BCUT2D eigenvalue weighted by Gasteiger charge is -2.16. The van der Waals surface area contributed by atoms with Crippen molar-refractivity contribution in [3.05, 3.63) is 70.2 Å². The van der Waals surface area contributed by atoms with E-state index in [1.807, 2.05) is 6.92 Å². The van der Waals surface area contributed by atoms with E-state index in [4.69, 9.17) is 27.9 Å². The van der Waals surface area contributed by atoms with Crippen LogP contribution in [0.5, 0.6) is 0 Å². The van der Waals surface area contributed by atoms with Gasteiger partial charge in [0.15, 0.2) is 0 Å². The lowest BCUT2D eigenvalue weighted by atomic mass is 9.55. The summed E-state index contributed by atoms with van der Waals surface area (Å²) in [4.78, 5) is 0. The molecule has 0 N–H and O–H groups in total. The van der Waals surface area contributed by atoms with Crippen LogP contribution in [-0.4, -0.2) is 13.5 Å². The second-order valence-corrected chi connectivity index (χ2v) is 5.81. The quantitative estimate of drug-likeness (QED) is 0.591. The molecule has 2 rings (SSSR count). The lowest BCUT2D eigenvalue weighted by Crippen LogP contribution is -2.45. The molecule has 0 aliphatic heterocycles. The molecule has 22 heavy (non-hydrogen) atoms. The van der Waals surface area contributed by atoms with Gasteiger partial charge in [0.25, 0.3) is 0 Å². The van der Waals surface area contributed by atoms with Gasteiger partial charge in [-0.05, 0) is 42.1 Å². The molecule has 0 unspecified atom stereocenters. The highest BCUT2D eigenvalue weighted by Crippen LogP contribution is 2.14. The molecule has 0 amide bonds. The molecule has 6 heteroatoms. The molecule has 0 spiro atoms. The Hall–Kier alpha value is -1.36. The maximum atomic E-state index is 13.7. The number of rotatable bonds is 5. The van der Waals surface area contributed by atoms with Crippen LogP contribution in [0.15, 0.2) is 48.6 Å². The van der Waals surface area contributed by atoms with E-state index in [9.17, 15) is 8.78 Å². The molecule has 0 atom stereocenters. The van der Waals surface area contributed by atoms with E-state index in [0.717, 1.165) is 5.57 Å². The van der Waals surface area contributed by atoms with Gasteiger partial charge in [0.05, 0.1) is 16.7 Å². The van der Waals surface area contributed by atoms with Crippen molar-refractivity contribution in [2.24, 2.45) is 0 Å². The van der Waals surface area contributed by atoms with Crippen LogP contribution in [0, 0.1) is 11.6 Å². The summed E-state index contributed by atoms with van der Waals surface area (Å²) in [7, 11) is 0. The van der Waals surface area contributed by atoms with Gasteiger partial charge in [-0.2, -0.15) is 0 Å². The van der Waals surface area contributed by atoms with Gasteiger partial charge in [0, 0.05) is 0 Å². The average Bonchev–Trinajstić information content (AvgIpc) is 2.46. The van der Waals surface area contributed by atoms with Crippen molar-refractivity contribution in [1.29, 1.82) is 0 Å². The number of benzene rings is 2. The third kappa shape index (κ3) is 4.10. The Morgan fingerprint density at radius 3 is 1.86 bits per heavy atom. The largest absolute Gasteiger partial charge is 0.423 e. The highest BCUT2D eigenvalue weighted by molar-refractivity contribution is 6.80. The summed E-state index contributed by atoms with van der Waals surface area (Å²) in [5.41, 5.74) is 1.86. The number of halogens is 4. The molecule has 0 aromatic heterocycles. The van der Waals surface area contributed by atoms with Crippen LogP contribution in [0.1, 0.15) is 6.92 Å². The fraction of sp³-hybridized carbons (Fsp3) is 0.125. The molecular formula is C16H13BCl2F2O. The Kier molecular flexibility index (Phi) is 5.62. The monoisotopic (exact) mass is 340 g/mol. The fourth-order valence-corrected chi connectivity index (χ4v) is 2.20. The molecule has 0 aliphatic rings. The van der Waals surface area contributed by atoms with Gasteiger partial charge in [0.2, 0.25) is 0 Å². The summed E-state index contributed by atoms with van der Waals surface area (Å²) in [6.45, 7) is 5.19. The molecule has 0 heterocycles. The third-order valence-corrected chi connectivity index (χ3v) is 3.60. The van der Waals surface area contributed by atoms with E-state index in [2.05, 4.69) is 6.58 Å². The minimum Gasteiger partial charge on any atom is -0.423 e. The summed E-state index contributed by atoms with van der Waals surface area (Å²) < 4.78 is 33.1. The van der Waals surface area contributed by atoms with Crippen molar-refractivity contribution in [3.8, 4) is 0 Å². The maximum Gasteiger partial charge on any atom is 0.362 e. The van der Waals surface area contributed by atoms with Gasteiger partial charge in [-0.3, -0.25) is 0 Å². The first-order valence-corrected chi connectivity index (χ1v) is 7.30. The van der Waals surface area contributed by atoms with Gasteiger partial charge >= 0.3 is 6.92 Å². The Morgan fingerprint density at radius 1 is 1.05 bits per heavy atom. The van der Waals surface area contributed by atoms with Gasteiger partial charge in [-0.25, -0.2) is 8.78 Å². The zero-order chi connectivity index (χ0) is 16.3. The molecule has 0 aliphatic carbocycles. The summed E-state index contributed by atoms with van der Waals surface area (Å²) in [5.74, 6) is -1.12. The Balaban J connectivity index is 2.42. The normalized spacial score (nSPS) is 10.6. The molecule has 114 valence electrons. The third-order valence-electron chi connectivity index (χ3n) is 2.99. The first-order chi connectivity index (χ1) is 10.4. The number of hydrogen-bond donors (Lipinski definition) is 0. The van der Waals surface area contributed by atoms with Crippen molar-refractivity contribution in [2.45, 2.75) is 6.92 Å². The molecule has 0 radical (unpaired) electrons. The summed E-state index contributed by atoms with van der Waals surface area (Å²) >= 11 is 11.4. The van der Waals surface area contributed by atoms with E-state index < -0.39 is 18.6 Å². The topological polar surface area (TPSA) is 9.23 Å². The molecule has 0 fully saturated rings. The Morgan fingerprint density at radius 2 is 1.50 bits per heavy atom. The predicted octanol–water partition coefficient (Wildman–Crippen LogP) is 3.97. The molecule has 1 nitrogen and oxygen atoms in total. The summed E-state index contributed by atoms with van der Waals surface area (Å²) in [6, 6.07) is 8.71. The highest BCUT2D eigenvalue weighted by Gasteiger charge is 2.23. The molecule has 0 bridgehead atoms. The van der Waals surface area contributed by atoms with Crippen LogP contribution < -0.4 is 10.9 Å². The lowest BCUT2D eigenvalue weighted by molar-refractivity contribution is 0.371. The van der Waals surface area contributed by atoms with Crippen LogP contribution in [-0.2, 0) is 4.65 Å². The van der Waals surface area contributed by atoms with Crippen LogP contribution in [0.2, 0.25) is 10.0 Å². The highest BCUT2D eigenvalue weighted by atomic mass is 35.5. The Labute approximate surface area is 138 Å². The minimum absolute atomic E-state index is 0.0182. The first-order valence-electron chi connectivity index (χ1n) is 6.54. The fourth-order valence-electron chi connectivity index (χ4n) is 1.96. The van der Waals surface area contributed by atoms with Crippen LogP contribution in [0.3, 0.4) is 0 Å². The summed E-state index contributed by atoms with van der Waals surface area (Å²) in [6.07, 6.45) is 0. The van der Waals surface area contributed by atoms with Crippen molar-refractivity contribution in [2.75, 3.05) is 6.61 Å². The van der Waals surface area contributed by atoms with Crippen molar-refractivity contribution >= 4 is 41.0 Å². The van der Waals surface area contributed by atoms with Crippen molar-refractivity contribution in [3.63, 3.8) is 0 Å². The molecular weight excluding hydrogens is 328 g/mol. The summed E-state index contributed by atoms with van der Waals surface area (Å²) in [5, 5.41) is 0.0365. The van der Waals surface area contributed by atoms with Crippen molar-refractivity contribution in [1.82, 2.24) is 0 Å². The average molecular weight is 341 g/mol. The second-order valence-electron chi connectivity index (χ2n) is 5.00. The van der Waals surface area contributed by atoms with E-state index in [0.29, 0.717) is 10.9 Å². The number of hydrogen-bond acceptors (Lipinski definition) is 1. The SMILES string of the molecule is C=C(C)COB(c1ccc(Cl)c(F)c1)c1ccc(Cl)c(F)c1. The minimum atomic E-state index is -0.643.